The van der Waals surface area contributed by atoms with Gasteiger partial charge in [-0.25, -0.2) is 9.97 Å². The number of aliphatic hydroxyl groups is 1. The van der Waals surface area contributed by atoms with Crippen LogP contribution < -0.4 is 10.2 Å². The zero-order valence-electron chi connectivity index (χ0n) is 18.2. The number of carbonyl (C=O) groups excluding carboxylic acids is 1. The Labute approximate surface area is 192 Å². The van der Waals surface area contributed by atoms with Crippen LogP contribution in [-0.4, -0.2) is 64.6 Å². The number of piperazine rings is 1. The highest BCUT2D eigenvalue weighted by molar-refractivity contribution is 7.16. The van der Waals surface area contributed by atoms with Crippen molar-refractivity contribution in [2.75, 3.05) is 31.1 Å². The molecule has 3 heterocycles. The maximum Gasteiger partial charge on any atom is 0.135 e. The van der Waals surface area contributed by atoms with Crippen LogP contribution in [0.4, 0.5) is 5.82 Å². The summed E-state index contributed by atoms with van der Waals surface area (Å²) in [5.41, 5.74) is 1.86. The molecule has 1 aliphatic carbocycles. The first-order valence-electron chi connectivity index (χ1n) is 10.9. The molecule has 4 atom stereocenters. The van der Waals surface area contributed by atoms with Crippen molar-refractivity contribution in [2.24, 2.45) is 0 Å². The van der Waals surface area contributed by atoms with Gasteiger partial charge in [0.15, 0.2) is 0 Å². The second kappa shape index (κ2) is 9.50. The molecule has 0 aromatic carbocycles. The molecule has 2 aliphatic rings. The lowest BCUT2D eigenvalue weighted by atomic mass is 10.0. The molecule has 0 saturated carbocycles. The average molecular weight is 464 g/mol. The maximum absolute atomic E-state index is 12.1. The zero-order chi connectivity index (χ0) is 22.1. The fourth-order valence-corrected chi connectivity index (χ4v) is 5.90. The van der Waals surface area contributed by atoms with E-state index in [1.165, 1.54) is 11.3 Å². The number of anilines is 1. The van der Waals surface area contributed by atoms with Gasteiger partial charge in [0.1, 0.15) is 18.4 Å². The number of fused-ring (bicyclic) bond motifs is 1. The molecule has 1 saturated heterocycles. The number of carbonyl (C=O) groups is 1. The maximum atomic E-state index is 12.1. The highest BCUT2D eigenvalue weighted by atomic mass is 35.5. The van der Waals surface area contributed by atoms with Crippen molar-refractivity contribution in [3.05, 3.63) is 38.9 Å². The molecule has 0 bridgehead atoms. The summed E-state index contributed by atoms with van der Waals surface area (Å²) in [5, 5.41) is 13.9. The van der Waals surface area contributed by atoms with Gasteiger partial charge in [-0.1, -0.05) is 18.5 Å². The third kappa shape index (κ3) is 4.64. The number of aromatic nitrogens is 2. The molecular formula is C22H30ClN5O2S. The molecule has 7 nitrogen and oxygen atoms in total. The molecule has 2 N–H and O–H groups in total. The van der Waals surface area contributed by atoms with Crippen LogP contribution in [0.1, 0.15) is 61.3 Å². The smallest absolute Gasteiger partial charge is 0.135 e. The molecular weight excluding hydrogens is 434 g/mol. The van der Waals surface area contributed by atoms with Crippen LogP contribution >= 0.6 is 22.9 Å². The number of hydrogen-bond acceptors (Lipinski definition) is 8. The lowest BCUT2D eigenvalue weighted by molar-refractivity contribution is -0.110. The largest absolute Gasteiger partial charge is 0.387 e. The van der Waals surface area contributed by atoms with Gasteiger partial charge >= 0.3 is 0 Å². The van der Waals surface area contributed by atoms with Crippen LogP contribution in [0, 0.1) is 0 Å². The van der Waals surface area contributed by atoms with Gasteiger partial charge < -0.3 is 14.8 Å². The summed E-state index contributed by atoms with van der Waals surface area (Å²) in [6.07, 6.45) is 2.71. The van der Waals surface area contributed by atoms with Gasteiger partial charge in [-0.15, -0.1) is 11.3 Å². The highest BCUT2D eigenvalue weighted by Gasteiger charge is 2.36. The molecule has 0 spiro atoms. The monoisotopic (exact) mass is 463 g/mol. The molecule has 1 aliphatic heterocycles. The fraction of sp³-hybridized carbons (Fsp3) is 0.591. The molecule has 2 unspecified atom stereocenters. The van der Waals surface area contributed by atoms with Crippen molar-refractivity contribution >= 4 is 35.0 Å². The van der Waals surface area contributed by atoms with E-state index in [0.717, 1.165) is 54.4 Å². The first-order valence-corrected chi connectivity index (χ1v) is 12.1. The normalized spacial score (nSPS) is 23.7. The van der Waals surface area contributed by atoms with Crippen LogP contribution in [0.25, 0.3) is 0 Å². The molecule has 4 rings (SSSR count). The van der Waals surface area contributed by atoms with E-state index < -0.39 is 6.10 Å². The van der Waals surface area contributed by atoms with E-state index >= 15 is 0 Å². The Morgan fingerprint density at radius 2 is 2.00 bits per heavy atom. The van der Waals surface area contributed by atoms with Gasteiger partial charge in [0.25, 0.3) is 0 Å². The number of nitrogens with zero attached hydrogens (tertiary/aromatic N) is 4. The van der Waals surface area contributed by atoms with Crippen LogP contribution in [-0.2, 0) is 4.79 Å². The van der Waals surface area contributed by atoms with Gasteiger partial charge in [0.05, 0.1) is 28.2 Å². The van der Waals surface area contributed by atoms with Crippen LogP contribution in [0.2, 0.25) is 4.34 Å². The average Bonchev–Trinajstić information content (AvgIpc) is 3.30. The number of aldehydes is 1. The van der Waals surface area contributed by atoms with Gasteiger partial charge in [0.2, 0.25) is 0 Å². The van der Waals surface area contributed by atoms with Crippen molar-refractivity contribution in [1.29, 1.82) is 0 Å². The summed E-state index contributed by atoms with van der Waals surface area (Å²) in [5.74, 6) is 0.918. The topological polar surface area (TPSA) is 81.6 Å². The Bertz CT molecular complexity index is 915. The number of rotatable bonds is 7. The second-order valence-corrected chi connectivity index (χ2v) is 10.5. The second-order valence-electron chi connectivity index (χ2n) is 8.74. The molecule has 0 radical (unpaired) electrons. The summed E-state index contributed by atoms with van der Waals surface area (Å²) in [4.78, 5) is 26.6. The minimum absolute atomic E-state index is 0.0915. The molecule has 0 amide bonds. The predicted molar refractivity (Wildman–Crippen MR) is 124 cm³/mol. The first kappa shape index (κ1) is 22.6. The van der Waals surface area contributed by atoms with Gasteiger partial charge in [-0.3, -0.25) is 10.2 Å². The minimum Gasteiger partial charge on any atom is -0.387 e. The van der Waals surface area contributed by atoms with Crippen LogP contribution in [0.15, 0.2) is 18.5 Å². The fourth-order valence-electron chi connectivity index (χ4n) is 4.75. The Kier molecular flexibility index (Phi) is 6.93. The zero-order valence-corrected chi connectivity index (χ0v) is 19.7. The summed E-state index contributed by atoms with van der Waals surface area (Å²) in [6, 6.07) is 4.05. The molecule has 1 fully saturated rings. The Morgan fingerprint density at radius 3 is 2.61 bits per heavy atom. The quantitative estimate of drug-likeness (QED) is 0.610. The van der Waals surface area contributed by atoms with Gasteiger partial charge in [0, 0.05) is 42.7 Å². The van der Waals surface area contributed by atoms with Crippen molar-refractivity contribution in [1.82, 2.24) is 20.2 Å². The standard InChI is InChI=1S/C22H30ClN5O2S/c1-13(2)26-21(15(11-29)17-4-5-18(23)31-17)27-6-8-28(9-7-27)22-19-14(3)10-16(30)20(19)24-12-25-22/h4-5,11-16,21,26,30H,6-10H2,1-3H3/t14-,15?,16-,21?/m1/s1. The van der Waals surface area contributed by atoms with E-state index in [1.54, 1.807) is 6.33 Å². The van der Waals surface area contributed by atoms with Crippen molar-refractivity contribution in [3.8, 4) is 0 Å². The van der Waals surface area contributed by atoms with Crippen molar-refractivity contribution in [3.63, 3.8) is 0 Å². The lowest BCUT2D eigenvalue weighted by Crippen LogP contribution is -2.58. The molecule has 2 aromatic rings. The number of thiophene rings is 1. The van der Waals surface area contributed by atoms with E-state index in [1.807, 2.05) is 12.1 Å². The highest BCUT2D eigenvalue weighted by Crippen LogP contribution is 2.43. The Morgan fingerprint density at radius 1 is 1.26 bits per heavy atom. The summed E-state index contributed by atoms with van der Waals surface area (Å²) < 4.78 is 0.698. The molecule has 168 valence electrons. The minimum atomic E-state index is -0.501. The number of aliphatic hydroxyl groups excluding tert-OH is 1. The third-order valence-electron chi connectivity index (χ3n) is 6.20. The molecule has 2 aromatic heterocycles. The predicted octanol–water partition coefficient (Wildman–Crippen LogP) is 3.16. The van der Waals surface area contributed by atoms with E-state index in [2.05, 4.69) is 45.9 Å². The SMILES string of the molecule is CC(C)NC(C(C=O)c1ccc(Cl)s1)N1CCN(c2ncnc3c2[C@H](C)C[C@H]3O)CC1. The van der Waals surface area contributed by atoms with E-state index in [-0.39, 0.29) is 24.0 Å². The molecule has 31 heavy (non-hydrogen) atoms. The van der Waals surface area contributed by atoms with E-state index in [4.69, 9.17) is 11.6 Å². The van der Waals surface area contributed by atoms with Gasteiger partial charge in [-0.05, 0) is 38.3 Å². The van der Waals surface area contributed by atoms with Crippen molar-refractivity contribution in [2.45, 2.75) is 57.3 Å². The molecule has 9 heteroatoms. The van der Waals surface area contributed by atoms with Gasteiger partial charge in [-0.2, -0.15) is 0 Å². The number of nitrogens with one attached hydrogen (secondary N) is 1. The Balaban J connectivity index is 1.52. The summed E-state index contributed by atoms with van der Waals surface area (Å²) >= 11 is 7.61. The van der Waals surface area contributed by atoms with Crippen LogP contribution in [0.3, 0.4) is 0 Å². The summed E-state index contributed by atoms with van der Waals surface area (Å²) in [7, 11) is 0. The first-order chi connectivity index (χ1) is 14.9. The number of halogens is 1. The van der Waals surface area contributed by atoms with E-state index in [0.29, 0.717) is 10.8 Å². The summed E-state index contributed by atoms with van der Waals surface area (Å²) in [6.45, 7) is 9.56. The van der Waals surface area contributed by atoms with Crippen LogP contribution in [0.5, 0.6) is 0 Å². The number of hydrogen-bond donors (Lipinski definition) is 2. The Hall–Kier alpha value is -1.58. The van der Waals surface area contributed by atoms with Crippen molar-refractivity contribution < 1.29 is 9.90 Å². The lowest BCUT2D eigenvalue weighted by Gasteiger charge is -2.42. The third-order valence-corrected chi connectivity index (χ3v) is 7.53. The van der Waals surface area contributed by atoms with E-state index in [9.17, 15) is 9.90 Å².